The van der Waals surface area contributed by atoms with Crippen LogP contribution in [0.3, 0.4) is 0 Å². The highest BCUT2D eigenvalue weighted by Crippen LogP contribution is 2.28. The lowest BCUT2D eigenvalue weighted by Gasteiger charge is -2.23. The van der Waals surface area contributed by atoms with Gasteiger partial charge in [-0.3, -0.25) is 4.68 Å². The van der Waals surface area contributed by atoms with Crippen LogP contribution in [0, 0.1) is 20.8 Å². The largest absolute Gasteiger partial charge is 0.326 e. The van der Waals surface area contributed by atoms with Gasteiger partial charge in [0.2, 0.25) is 0 Å². The molecule has 3 heteroatoms. The molecule has 2 atom stereocenters. The molecule has 16 heavy (non-hydrogen) atoms. The van der Waals surface area contributed by atoms with E-state index in [1.807, 2.05) is 0 Å². The Balaban J connectivity index is 2.30. The van der Waals surface area contributed by atoms with Crippen molar-refractivity contribution in [1.82, 2.24) is 9.78 Å². The molecule has 1 fully saturated rings. The van der Waals surface area contributed by atoms with Gasteiger partial charge < -0.3 is 5.73 Å². The van der Waals surface area contributed by atoms with Gasteiger partial charge in [-0.1, -0.05) is 19.3 Å². The van der Waals surface area contributed by atoms with E-state index < -0.39 is 0 Å². The van der Waals surface area contributed by atoms with E-state index in [4.69, 9.17) is 5.73 Å². The van der Waals surface area contributed by atoms with Gasteiger partial charge in [0, 0.05) is 11.7 Å². The van der Waals surface area contributed by atoms with Crippen LogP contribution in [0.25, 0.3) is 0 Å². The van der Waals surface area contributed by atoms with Crippen molar-refractivity contribution >= 4 is 0 Å². The normalized spacial score (nSPS) is 26.8. The minimum atomic E-state index is 0.278. The second kappa shape index (κ2) is 4.58. The summed E-state index contributed by atoms with van der Waals surface area (Å²) in [4.78, 5) is 0. The summed E-state index contributed by atoms with van der Waals surface area (Å²) in [6, 6.07) is 0.690. The smallest absolute Gasteiger partial charge is 0.0673 e. The number of hydrogen-bond acceptors (Lipinski definition) is 2. The standard InChI is InChI=1S/C13H23N3/c1-9-10(2)15-16(11(9)3)13-8-6-4-5-7-12(13)14/h12-13H,4-8,14H2,1-3H3. The quantitative estimate of drug-likeness (QED) is 0.741. The Morgan fingerprint density at radius 3 is 2.44 bits per heavy atom. The molecule has 2 N–H and O–H groups in total. The molecule has 90 valence electrons. The summed E-state index contributed by atoms with van der Waals surface area (Å²) in [5.41, 5.74) is 10.0. The van der Waals surface area contributed by atoms with E-state index in [0.29, 0.717) is 6.04 Å². The molecule has 1 aliphatic rings. The van der Waals surface area contributed by atoms with Gasteiger partial charge in [0.15, 0.2) is 0 Å². The maximum atomic E-state index is 6.28. The predicted octanol–water partition coefficient (Wildman–Crippen LogP) is 2.64. The third-order valence-electron chi connectivity index (χ3n) is 4.03. The van der Waals surface area contributed by atoms with Crippen LogP contribution in [0.4, 0.5) is 0 Å². The minimum absolute atomic E-state index is 0.278. The zero-order chi connectivity index (χ0) is 11.7. The van der Waals surface area contributed by atoms with Gasteiger partial charge in [0.05, 0.1) is 11.7 Å². The summed E-state index contributed by atoms with van der Waals surface area (Å²) in [6.45, 7) is 6.39. The second-order valence-electron chi connectivity index (χ2n) is 5.11. The van der Waals surface area contributed by atoms with Gasteiger partial charge >= 0.3 is 0 Å². The number of nitrogens with zero attached hydrogens (tertiary/aromatic N) is 2. The average molecular weight is 221 g/mol. The van der Waals surface area contributed by atoms with Gasteiger partial charge in [-0.2, -0.15) is 5.10 Å². The lowest BCUT2D eigenvalue weighted by Crippen LogP contribution is -2.32. The van der Waals surface area contributed by atoms with Gasteiger partial charge in [-0.25, -0.2) is 0 Å². The number of aryl methyl sites for hydroxylation is 1. The molecular formula is C13H23N3. The summed E-state index contributed by atoms with van der Waals surface area (Å²) in [6.07, 6.45) is 6.21. The van der Waals surface area contributed by atoms with Crippen LogP contribution >= 0.6 is 0 Å². The Morgan fingerprint density at radius 1 is 1.12 bits per heavy atom. The monoisotopic (exact) mass is 221 g/mol. The molecule has 1 aliphatic carbocycles. The van der Waals surface area contributed by atoms with Crippen LogP contribution in [0.1, 0.15) is 55.1 Å². The number of aromatic nitrogens is 2. The molecule has 1 heterocycles. The average Bonchev–Trinajstić information content (AvgIpc) is 2.47. The third kappa shape index (κ3) is 2.01. The van der Waals surface area contributed by atoms with Crippen LogP contribution in [0.5, 0.6) is 0 Å². The van der Waals surface area contributed by atoms with Crippen molar-refractivity contribution in [3.8, 4) is 0 Å². The molecular weight excluding hydrogens is 198 g/mol. The van der Waals surface area contributed by atoms with E-state index in [2.05, 4.69) is 30.6 Å². The molecule has 0 aliphatic heterocycles. The van der Waals surface area contributed by atoms with Crippen LogP contribution in [0.15, 0.2) is 0 Å². The molecule has 2 rings (SSSR count). The van der Waals surface area contributed by atoms with E-state index in [1.165, 1.54) is 36.9 Å². The molecule has 0 amide bonds. The summed E-state index contributed by atoms with van der Waals surface area (Å²) in [5, 5.41) is 4.66. The highest BCUT2D eigenvalue weighted by Gasteiger charge is 2.24. The molecule has 1 aromatic heterocycles. The number of hydrogen-bond donors (Lipinski definition) is 1. The van der Waals surface area contributed by atoms with Crippen molar-refractivity contribution in [2.45, 2.75) is 65.0 Å². The molecule has 2 unspecified atom stereocenters. The first-order valence-corrected chi connectivity index (χ1v) is 6.39. The van der Waals surface area contributed by atoms with Crippen molar-refractivity contribution in [2.24, 2.45) is 5.73 Å². The molecule has 0 spiro atoms. The maximum Gasteiger partial charge on any atom is 0.0673 e. The lowest BCUT2D eigenvalue weighted by molar-refractivity contribution is 0.351. The first-order valence-electron chi connectivity index (χ1n) is 6.39. The van der Waals surface area contributed by atoms with Gasteiger partial charge in [-0.05, 0) is 39.2 Å². The molecule has 0 aromatic carbocycles. The van der Waals surface area contributed by atoms with E-state index in [-0.39, 0.29) is 6.04 Å². The predicted molar refractivity (Wildman–Crippen MR) is 66.5 cm³/mol. The maximum absolute atomic E-state index is 6.28. The lowest BCUT2D eigenvalue weighted by atomic mass is 10.0. The zero-order valence-corrected chi connectivity index (χ0v) is 10.7. The van der Waals surface area contributed by atoms with Crippen molar-refractivity contribution in [3.63, 3.8) is 0 Å². The third-order valence-corrected chi connectivity index (χ3v) is 4.03. The van der Waals surface area contributed by atoms with E-state index >= 15 is 0 Å². The fourth-order valence-corrected chi connectivity index (χ4v) is 2.69. The number of rotatable bonds is 1. The summed E-state index contributed by atoms with van der Waals surface area (Å²) < 4.78 is 2.18. The molecule has 1 saturated carbocycles. The van der Waals surface area contributed by atoms with Gasteiger partial charge in [0.25, 0.3) is 0 Å². The van der Waals surface area contributed by atoms with Crippen molar-refractivity contribution in [2.75, 3.05) is 0 Å². The second-order valence-corrected chi connectivity index (χ2v) is 5.11. The Bertz CT molecular complexity index is 367. The fraction of sp³-hybridized carbons (Fsp3) is 0.769. The molecule has 0 saturated heterocycles. The first-order chi connectivity index (χ1) is 7.61. The van der Waals surface area contributed by atoms with Crippen LogP contribution in [-0.2, 0) is 0 Å². The van der Waals surface area contributed by atoms with Crippen molar-refractivity contribution in [3.05, 3.63) is 17.0 Å². The van der Waals surface area contributed by atoms with Gasteiger partial charge in [-0.15, -0.1) is 0 Å². The highest BCUT2D eigenvalue weighted by molar-refractivity contribution is 5.23. The minimum Gasteiger partial charge on any atom is -0.326 e. The fourth-order valence-electron chi connectivity index (χ4n) is 2.69. The Hall–Kier alpha value is -0.830. The SMILES string of the molecule is Cc1nn(C2CCCCCC2N)c(C)c1C. The van der Waals surface area contributed by atoms with Crippen LogP contribution in [0.2, 0.25) is 0 Å². The van der Waals surface area contributed by atoms with Crippen molar-refractivity contribution in [1.29, 1.82) is 0 Å². The van der Waals surface area contributed by atoms with E-state index in [1.54, 1.807) is 0 Å². The molecule has 0 radical (unpaired) electrons. The first kappa shape index (κ1) is 11.6. The molecule has 1 aromatic rings. The Morgan fingerprint density at radius 2 is 1.81 bits per heavy atom. The Kier molecular flexibility index (Phi) is 3.33. The summed E-state index contributed by atoms with van der Waals surface area (Å²) in [7, 11) is 0. The molecule has 3 nitrogen and oxygen atoms in total. The van der Waals surface area contributed by atoms with Crippen LogP contribution in [-0.4, -0.2) is 15.8 Å². The number of nitrogens with two attached hydrogens (primary N) is 1. The Labute approximate surface area is 98.0 Å². The summed E-state index contributed by atoms with van der Waals surface area (Å²) >= 11 is 0. The highest BCUT2D eigenvalue weighted by atomic mass is 15.3. The zero-order valence-electron chi connectivity index (χ0n) is 10.7. The van der Waals surface area contributed by atoms with E-state index in [9.17, 15) is 0 Å². The van der Waals surface area contributed by atoms with E-state index in [0.717, 1.165) is 12.1 Å². The summed E-state index contributed by atoms with van der Waals surface area (Å²) in [5.74, 6) is 0. The molecule has 0 bridgehead atoms. The topological polar surface area (TPSA) is 43.8 Å². The van der Waals surface area contributed by atoms with Crippen molar-refractivity contribution < 1.29 is 0 Å². The van der Waals surface area contributed by atoms with Crippen LogP contribution < -0.4 is 5.73 Å². The van der Waals surface area contributed by atoms with Gasteiger partial charge in [0.1, 0.15) is 0 Å².